The summed E-state index contributed by atoms with van der Waals surface area (Å²) >= 11 is 0. The van der Waals surface area contributed by atoms with E-state index in [0.29, 0.717) is 0 Å². The van der Waals surface area contributed by atoms with Crippen molar-refractivity contribution in [2.75, 3.05) is 12.4 Å². The zero-order valence-corrected chi connectivity index (χ0v) is 12.3. The molecule has 0 aliphatic heterocycles. The molecule has 1 aromatic heterocycles. The van der Waals surface area contributed by atoms with E-state index >= 15 is 0 Å². The molecule has 1 heterocycles. The van der Waals surface area contributed by atoms with Crippen LogP contribution in [0, 0.1) is 6.92 Å². The van der Waals surface area contributed by atoms with E-state index in [-0.39, 0.29) is 5.41 Å². The van der Waals surface area contributed by atoms with Crippen molar-refractivity contribution in [3.8, 4) is 11.4 Å². The van der Waals surface area contributed by atoms with Crippen molar-refractivity contribution in [2.45, 2.75) is 33.1 Å². The van der Waals surface area contributed by atoms with Crippen LogP contribution in [0.5, 0.6) is 0 Å². The number of nitrogens with zero attached hydrogens (tertiary/aromatic N) is 2. The van der Waals surface area contributed by atoms with Crippen LogP contribution in [0.3, 0.4) is 0 Å². The number of hydrogen-bond acceptors (Lipinski definition) is 3. The van der Waals surface area contributed by atoms with Crippen molar-refractivity contribution in [1.29, 1.82) is 0 Å². The first-order chi connectivity index (χ1) is 8.91. The van der Waals surface area contributed by atoms with Crippen LogP contribution in [0.2, 0.25) is 0 Å². The van der Waals surface area contributed by atoms with Gasteiger partial charge in [0.1, 0.15) is 5.82 Å². The number of anilines is 1. The van der Waals surface area contributed by atoms with Crippen molar-refractivity contribution in [2.24, 2.45) is 0 Å². The molecule has 0 bridgehead atoms. The van der Waals surface area contributed by atoms with Gasteiger partial charge in [0.05, 0.1) is 5.69 Å². The van der Waals surface area contributed by atoms with Gasteiger partial charge in [0.15, 0.2) is 5.82 Å². The first-order valence-electron chi connectivity index (χ1n) is 6.55. The summed E-state index contributed by atoms with van der Waals surface area (Å²) in [5, 5.41) is 3.12. The third kappa shape index (κ3) is 2.92. The van der Waals surface area contributed by atoms with Crippen LogP contribution in [0.25, 0.3) is 11.4 Å². The number of rotatable bonds is 2. The standard InChI is InChI=1S/C16H21N3/c1-11-8-6-7-9-12(11)15-18-13(16(2,3)4)10-14(17-5)19-15/h6-10H,1-5H3,(H,17,18,19). The predicted molar refractivity (Wildman–Crippen MR) is 80.5 cm³/mol. The van der Waals surface area contributed by atoms with Crippen LogP contribution in [-0.2, 0) is 5.41 Å². The maximum atomic E-state index is 4.73. The van der Waals surface area contributed by atoms with E-state index in [2.05, 4.69) is 50.1 Å². The largest absolute Gasteiger partial charge is 0.373 e. The summed E-state index contributed by atoms with van der Waals surface area (Å²) < 4.78 is 0. The Labute approximate surface area is 115 Å². The molecule has 0 aliphatic rings. The van der Waals surface area contributed by atoms with Crippen LogP contribution < -0.4 is 5.32 Å². The minimum atomic E-state index is 0.00593. The third-order valence-corrected chi connectivity index (χ3v) is 3.14. The quantitative estimate of drug-likeness (QED) is 0.887. The first kappa shape index (κ1) is 13.5. The number of hydrogen-bond donors (Lipinski definition) is 1. The highest BCUT2D eigenvalue weighted by atomic mass is 15.0. The second-order valence-electron chi connectivity index (χ2n) is 5.78. The minimum absolute atomic E-state index is 0.00593. The third-order valence-electron chi connectivity index (χ3n) is 3.14. The Morgan fingerprint density at radius 1 is 1.05 bits per heavy atom. The number of aryl methyl sites for hydroxylation is 1. The molecule has 0 atom stereocenters. The van der Waals surface area contributed by atoms with E-state index in [0.717, 1.165) is 22.9 Å². The van der Waals surface area contributed by atoms with Crippen LogP contribution >= 0.6 is 0 Å². The Bertz CT molecular complexity index is 583. The number of aromatic nitrogens is 2. The first-order valence-corrected chi connectivity index (χ1v) is 6.55. The van der Waals surface area contributed by atoms with E-state index in [1.165, 1.54) is 5.56 Å². The van der Waals surface area contributed by atoms with Gasteiger partial charge in [-0.2, -0.15) is 0 Å². The van der Waals surface area contributed by atoms with Gasteiger partial charge in [0.25, 0.3) is 0 Å². The SMILES string of the molecule is CNc1cc(C(C)(C)C)nc(-c2ccccc2C)n1. The van der Waals surface area contributed by atoms with Gasteiger partial charge in [-0.05, 0) is 12.5 Å². The van der Waals surface area contributed by atoms with Crippen molar-refractivity contribution in [3.05, 3.63) is 41.6 Å². The molecule has 0 radical (unpaired) electrons. The topological polar surface area (TPSA) is 37.8 Å². The Morgan fingerprint density at radius 2 is 1.74 bits per heavy atom. The molecule has 0 amide bonds. The molecule has 2 aromatic rings. The van der Waals surface area contributed by atoms with Gasteiger partial charge in [-0.1, -0.05) is 45.0 Å². The lowest BCUT2D eigenvalue weighted by Crippen LogP contribution is -2.15. The van der Waals surface area contributed by atoms with Crippen LogP contribution in [0.15, 0.2) is 30.3 Å². The summed E-state index contributed by atoms with van der Waals surface area (Å²) in [4.78, 5) is 9.31. The molecule has 100 valence electrons. The monoisotopic (exact) mass is 255 g/mol. The molecule has 1 N–H and O–H groups in total. The van der Waals surface area contributed by atoms with Crippen molar-refractivity contribution in [1.82, 2.24) is 9.97 Å². The highest BCUT2D eigenvalue weighted by Crippen LogP contribution is 2.26. The fraction of sp³-hybridized carbons (Fsp3) is 0.375. The molecule has 0 aliphatic carbocycles. The molecule has 3 heteroatoms. The van der Waals surface area contributed by atoms with Gasteiger partial charge in [-0.25, -0.2) is 9.97 Å². The summed E-state index contributed by atoms with van der Waals surface area (Å²) in [5.74, 6) is 1.65. The smallest absolute Gasteiger partial charge is 0.162 e. The highest BCUT2D eigenvalue weighted by Gasteiger charge is 2.18. The molecular weight excluding hydrogens is 234 g/mol. The lowest BCUT2D eigenvalue weighted by molar-refractivity contribution is 0.568. The molecule has 0 saturated carbocycles. The highest BCUT2D eigenvalue weighted by molar-refractivity contribution is 5.61. The fourth-order valence-corrected chi connectivity index (χ4v) is 1.90. The zero-order chi connectivity index (χ0) is 14.0. The van der Waals surface area contributed by atoms with E-state index in [4.69, 9.17) is 4.98 Å². The number of nitrogens with one attached hydrogen (secondary N) is 1. The Hall–Kier alpha value is -1.90. The predicted octanol–water partition coefficient (Wildman–Crippen LogP) is 3.79. The second kappa shape index (κ2) is 5.00. The van der Waals surface area contributed by atoms with Crippen molar-refractivity contribution >= 4 is 5.82 Å². The van der Waals surface area contributed by atoms with Gasteiger partial charge in [0, 0.05) is 24.1 Å². The summed E-state index contributed by atoms with van der Waals surface area (Å²) in [7, 11) is 1.89. The lowest BCUT2D eigenvalue weighted by atomic mass is 9.91. The molecular formula is C16H21N3. The summed E-state index contributed by atoms with van der Waals surface area (Å²) in [5.41, 5.74) is 3.33. The van der Waals surface area contributed by atoms with E-state index in [1.54, 1.807) is 0 Å². The Kier molecular flexibility index (Phi) is 3.56. The number of benzene rings is 1. The zero-order valence-electron chi connectivity index (χ0n) is 12.3. The van der Waals surface area contributed by atoms with Gasteiger partial charge in [-0.15, -0.1) is 0 Å². The van der Waals surface area contributed by atoms with E-state index < -0.39 is 0 Å². The van der Waals surface area contributed by atoms with E-state index in [9.17, 15) is 0 Å². The minimum Gasteiger partial charge on any atom is -0.373 e. The normalized spacial score (nSPS) is 11.4. The van der Waals surface area contributed by atoms with Crippen molar-refractivity contribution < 1.29 is 0 Å². The average Bonchev–Trinajstić information content (AvgIpc) is 2.37. The fourth-order valence-electron chi connectivity index (χ4n) is 1.90. The average molecular weight is 255 g/mol. The molecule has 0 saturated heterocycles. The molecule has 0 unspecified atom stereocenters. The molecule has 1 aromatic carbocycles. The van der Waals surface area contributed by atoms with E-state index in [1.807, 2.05) is 25.2 Å². The van der Waals surface area contributed by atoms with Crippen LogP contribution in [0.4, 0.5) is 5.82 Å². The van der Waals surface area contributed by atoms with Crippen LogP contribution in [0.1, 0.15) is 32.0 Å². The second-order valence-corrected chi connectivity index (χ2v) is 5.78. The molecule has 0 fully saturated rings. The molecule has 3 nitrogen and oxygen atoms in total. The van der Waals surface area contributed by atoms with Gasteiger partial charge in [0.2, 0.25) is 0 Å². The Morgan fingerprint density at radius 3 is 2.32 bits per heavy atom. The maximum Gasteiger partial charge on any atom is 0.162 e. The maximum absolute atomic E-state index is 4.73. The summed E-state index contributed by atoms with van der Waals surface area (Å²) in [6.07, 6.45) is 0. The van der Waals surface area contributed by atoms with Gasteiger partial charge >= 0.3 is 0 Å². The summed E-state index contributed by atoms with van der Waals surface area (Å²) in [6, 6.07) is 10.2. The lowest BCUT2D eigenvalue weighted by Gasteiger charge is -2.19. The molecule has 2 rings (SSSR count). The molecule has 19 heavy (non-hydrogen) atoms. The van der Waals surface area contributed by atoms with Gasteiger partial charge < -0.3 is 5.32 Å². The Balaban J connectivity index is 2.61. The molecule has 0 spiro atoms. The summed E-state index contributed by atoms with van der Waals surface area (Å²) in [6.45, 7) is 8.57. The van der Waals surface area contributed by atoms with Gasteiger partial charge in [-0.3, -0.25) is 0 Å². The van der Waals surface area contributed by atoms with Crippen LogP contribution in [-0.4, -0.2) is 17.0 Å². The van der Waals surface area contributed by atoms with Crippen molar-refractivity contribution in [3.63, 3.8) is 0 Å².